The minimum Gasteiger partial charge on any atom is -0.471 e. The van der Waals surface area contributed by atoms with Crippen molar-refractivity contribution < 1.29 is 22.3 Å². The molecule has 0 aliphatic carbocycles. The Bertz CT molecular complexity index is 1000. The Morgan fingerprint density at radius 3 is 2.41 bits per heavy atom. The van der Waals surface area contributed by atoms with E-state index in [1.807, 2.05) is 20.8 Å². The van der Waals surface area contributed by atoms with Crippen LogP contribution in [0.1, 0.15) is 36.7 Å². The largest absolute Gasteiger partial charge is 0.471 e. The Balaban J connectivity index is 2.42. The predicted octanol–water partition coefficient (Wildman–Crippen LogP) is 3.72. The molecule has 0 radical (unpaired) electrons. The fourth-order valence-corrected chi connectivity index (χ4v) is 2.98. The number of sulfonamides is 1. The summed E-state index contributed by atoms with van der Waals surface area (Å²) in [4.78, 5) is 16.1. The van der Waals surface area contributed by atoms with E-state index in [0.29, 0.717) is 16.7 Å². The number of nitrogens with zero attached hydrogens (tertiary/aromatic N) is 1. The zero-order valence-electron chi connectivity index (χ0n) is 15.6. The molecule has 0 aliphatic heterocycles. The summed E-state index contributed by atoms with van der Waals surface area (Å²) in [6.07, 6.45) is 2.31. The van der Waals surface area contributed by atoms with Crippen LogP contribution in [0.5, 0.6) is 5.88 Å². The van der Waals surface area contributed by atoms with Gasteiger partial charge < -0.3 is 4.74 Å². The van der Waals surface area contributed by atoms with Crippen LogP contribution in [0.3, 0.4) is 0 Å². The van der Waals surface area contributed by atoms with Crippen molar-refractivity contribution in [3.63, 3.8) is 0 Å². The van der Waals surface area contributed by atoms with Crippen molar-refractivity contribution in [2.45, 2.75) is 33.3 Å². The molecule has 1 aromatic heterocycles. The third-order valence-corrected chi connectivity index (χ3v) is 4.19. The number of rotatable bonds is 4. The second kappa shape index (κ2) is 7.44. The van der Waals surface area contributed by atoms with Gasteiger partial charge in [-0.2, -0.15) is 0 Å². The van der Waals surface area contributed by atoms with Crippen LogP contribution in [0.15, 0.2) is 24.4 Å². The lowest BCUT2D eigenvalue weighted by Crippen LogP contribution is -2.30. The molecule has 1 amide bonds. The lowest BCUT2D eigenvalue weighted by molar-refractivity contribution is 0.0977. The number of hydrogen-bond donors (Lipinski definition) is 1. The molecule has 1 aromatic carbocycles. The second-order valence-electron chi connectivity index (χ2n) is 7.08. The van der Waals surface area contributed by atoms with Crippen molar-refractivity contribution in [1.82, 2.24) is 9.71 Å². The smallest absolute Gasteiger partial charge is 0.267 e. The summed E-state index contributed by atoms with van der Waals surface area (Å²) < 4.78 is 44.2. The fraction of sp³-hybridized carbons (Fsp3) is 0.333. The van der Waals surface area contributed by atoms with E-state index in [0.717, 1.165) is 12.3 Å². The number of hydrogen-bond acceptors (Lipinski definition) is 5. The molecule has 0 aliphatic rings. The highest BCUT2D eigenvalue weighted by Crippen LogP contribution is 2.32. The summed E-state index contributed by atoms with van der Waals surface area (Å²) in [5.74, 6) is -1.63. The van der Waals surface area contributed by atoms with Gasteiger partial charge in [0, 0.05) is 11.8 Å². The second-order valence-corrected chi connectivity index (χ2v) is 9.23. The lowest BCUT2D eigenvalue weighted by Gasteiger charge is -2.21. The van der Waals surface area contributed by atoms with E-state index >= 15 is 0 Å². The Labute approximate surface area is 162 Å². The van der Waals surface area contributed by atoms with Gasteiger partial charge in [0.1, 0.15) is 16.4 Å². The monoisotopic (exact) mass is 414 g/mol. The van der Waals surface area contributed by atoms with Crippen LogP contribution in [0, 0.1) is 12.7 Å². The van der Waals surface area contributed by atoms with Gasteiger partial charge in [0.05, 0.1) is 11.8 Å². The molecule has 2 rings (SSSR count). The van der Waals surface area contributed by atoms with Crippen LogP contribution >= 0.6 is 11.6 Å². The molecule has 0 unspecified atom stereocenters. The van der Waals surface area contributed by atoms with Gasteiger partial charge in [-0.3, -0.25) is 4.79 Å². The van der Waals surface area contributed by atoms with Crippen molar-refractivity contribution in [3.8, 4) is 17.0 Å². The molecule has 0 fully saturated rings. The van der Waals surface area contributed by atoms with Crippen LogP contribution < -0.4 is 9.46 Å². The first-order valence-corrected chi connectivity index (χ1v) is 10.2. The summed E-state index contributed by atoms with van der Waals surface area (Å²) in [6.45, 7) is 7.25. The molecule has 9 heteroatoms. The quantitative estimate of drug-likeness (QED) is 0.824. The maximum Gasteiger partial charge on any atom is 0.267 e. The molecule has 0 saturated heterocycles. The number of carbonyl (C=O) groups excluding carboxylic acids is 1. The molecule has 0 bridgehead atoms. The minimum absolute atomic E-state index is 0.259. The van der Waals surface area contributed by atoms with Crippen molar-refractivity contribution in [1.29, 1.82) is 0 Å². The highest BCUT2D eigenvalue weighted by molar-refractivity contribution is 7.89. The van der Waals surface area contributed by atoms with Gasteiger partial charge in [-0.15, -0.1) is 0 Å². The number of pyridine rings is 1. The van der Waals surface area contributed by atoms with Crippen molar-refractivity contribution in [2.75, 3.05) is 6.26 Å². The number of aromatic nitrogens is 1. The zero-order chi connectivity index (χ0) is 20.6. The number of aryl methyl sites for hydroxylation is 1. The summed E-state index contributed by atoms with van der Waals surface area (Å²) in [7, 11) is -3.80. The third-order valence-electron chi connectivity index (χ3n) is 3.36. The number of amides is 1. The summed E-state index contributed by atoms with van der Waals surface area (Å²) in [5.41, 5.74) is 0.716. The molecule has 0 atom stereocenters. The van der Waals surface area contributed by atoms with E-state index in [2.05, 4.69) is 4.98 Å². The molecule has 1 heterocycles. The first-order chi connectivity index (χ1) is 12.3. The van der Waals surface area contributed by atoms with Gasteiger partial charge in [-0.1, -0.05) is 11.6 Å². The first kappa shape index (κ1) is 21.1. The van der Waals surface area contributed by atoms with E-state index in [1.54, 1.807) is 17.7 Å². The normalized spacial score (nSPS) is 12.0. The fourth-order valence-electron chi connectivity index (χ4n) is 2.33. The van der Waals surface area contributed by atoms with Crippen LogP contribution in [0.25, 0.3) is 11.1 Å². The predicted molar refractivity (Wildman–Crippen MR) is 102 cm³/mol. The minimum atomic E-state index is -3.80. The molecule has 6 nitrogen and oxygen atoms in total. The molecule has 0 saturated carbocycles. The van der Waals surface area contributed by atoms with Crippen LogP contribution in [0.2, 0.25) is 5.02 Å². The molecule has 1 N–H and O–H groups in total. The van der Waals surface area contributed by atoms with Gasteiger partial charge in [0.15, 0.2) is 0 Å². The average molecular weight is 415 g/mol. The first-order valence-electron chi connectivity index (χ1n) is 7.94. The Kier molecular flexibility index (Phi) is 5.82. The maximum absolute atomic E-state index is 14.4. The van der Waals surface area contributed by atoms with Gasteiger partial charge in [-0.05, 0) is 57.0 Å². The molecule has 146 valence electrons. The average Bonchev–Trinajstić information content (AvgIpc) is 2.48. The summed E-state index contributed by atoms with van der Waals surface area (Å²) in [5, 5.41) is 0.265. The molecular weight excluding hydrogens is 395 g/mol. The van der Waals surface area contributed by atoms with Gasteiger partial charge >= 0.3 is 0 Å². The van der Waals surface area contributed by atoms with E-state index in [1.165, 1.54) is 12.3 Å². The number of ether oxygens (including phenoxy) is 1. The van der Waals surface area contributed by atoms with Crippen molar-refractivity contribution in [3.05, 3.63) is 46.4 Å². The number of nitrogens with one attached hydrogen (secondary N) is 1. The van der Waals surface area contributed by atoms with Crippen molar-refractivity contribution in [2.24, 2.45) is 0 Å². The number of benzene rings is 1. The van der Waals surface area contributed by atoms with Gasteiger partial charge in [0.2, 0.25) is 15.9 Å². The number of carbonyl (C=O) groups is 1. The standard InChI is InChI=1S/C18H20ClFN2O4S/c1-10-6-13(16(23)22-27(5,24)25)15(20)8-12(10)11-7-14(19)17(21-9-11)26-18(2,3)4/h6-9H,1-5H3,(H,22,23). The third kappa shape index (κ3) is 5.64. The number of halogens is 2. The highest BCUT2D eigenvalue weighted by atomic mass is 35.5. The van der Waals surface area contributed by atoms with Crippen LogP contribution in [-0.2, 0) is 10.0 Å². The Hall–Kier alpha value is -2.19. The summed E-state index contributed by atoms with van der Waals surface area (Å²) in [6, 6.07) is 4.01. The lowest BCUT2D eigenvalue weighted by atomic mass is 9.99. The van der Waals surface area contributed by atoms with E-state index in [4.69, 9.17) is 16.3 Å². The molecule has 2 aromatic rings. The molecule has 27 heavy (non-hydrogen) atoms. The molecular formula is C18H20ClFN2O4S. The van der Waals surface area contributed by atoms with Gasteiger partial charge in [0.25, 0.3) is 5.91 Å². The van der Waals surface area contributed by atoms with Crippen LogP contribution in [-0.4, -0.2) is 31.2 Å². The zero-order valence-corrected chi connectivity index (χ0v) is 17.1. The Morgan fingerprint density at radius 1 is 1.26 bits per heavy atom. The van der Waals surface area contributed by atoms with Crippen LogP contribution in [0.4, 0.5) is 4.39 Å². The SMILES string of the molecule is Cc1cc(C(=O)NS(C)(=O)=O)c(F)cc1-c1cnc(OC(C)(C)C)c(Cl)c1. The topological polar surface area (TPSA) is 85.4 Å². The Morgan fingerprint density at radius 2 is 1.89 bits per heavy atom. The highest BCUT2D eigenvalue weighted by Gasteiger charge is 2.20. The molecule has 0 spiro atoms. The van der Waals surface area contributed by atoms with Gasteiger partial charge in [-0.25, -0.2) is 22.5 Å². The summed E-state index contributed by atoms with van der Waals surface area (Å²) >= 11 is 6.22. The maximum atomic E-state index is 14.4. The van der Waals surface area contributed by atoms with E-state index < -0.39 is 27.3 Å². The van der Waals surface area contributed by atoms with Crippen molar-refractivity contribution >= 4 is 27.5 Å². The van der Waals surface area contributed by atoms with E-state index in [9.17, 15) is 17.6 Å². The van der Waals surface area contributed by atoms with E-state index in [-0.39, 0.29) is 16.5 Å².